The van der Waals surface area contributed by atoms with Gasteiger partial charge in [-0.1, -0.05) is 5.57 Å². The van der Waals surface area contributed by atoms with E-state index in [-0.39, 0.29) is 54.8 Å². The minimum absolute atomic E-state index is 0.0737. The Hall–Kier alpha value is -1.44. The molecule has 2 saturated heterocycles. The number of hydrogen-bond acceptors (Lipinski definition) is 5. The van der Waals surface area contributed by atoms with Crippen molar-refractivity contribution in [1.82, 2.24) is 21.3 Å². The van der Waals surface area contributed by atoms with Gasteiger partial charge in [-0.2, -0.15) is 0 Å². The SMILES string of the molecule is CC1=C(CC(=O)N[C@@H](CO)C2CCCNC2)C(=O)NC2CCNC(C)C12. The average molecular weight is 364 g/mol. The molecule has 7 nitrogen and oxygen atoms in total. The molecule has 0 saturated carbocycles. The van der Waals surface area contributed by atoms with Crippen LogP contribution >= 0.6 is 0 Å². The van der Waals surface area contributed by atoms with Gasteiger partial charge in [0.2, 0.25) is 11.8 Å². The van der Waals surface area contributed by atoms with Crippen molar-refractivity contribution in [1.29, 1.82) is 0 Å². The summed E-state index contributed by atoms with van der Waals surface area (Å²) in [6, 6.07) is 0.181. The summed E-state index contributed by atoms with van der Waals surface area (Å²) in [6.45, 7) is 6.74. The summed E-state index contributed by atoms with van der Waals surface area (Å²) < 4.78 is 0. The van der Waals surface area contributed by atoms with Crippen molar-refractivity contribution in [3.63, 3.8) is 0 Å². The lowest BCUT2D eigenvalue weighted by molar-refractivity contribution is -0.125. The smallest absolute Gasteiger partial charge is 0.247 e. The van der Waals surface area contributed by atoms with Crippen molar-refractivity contribution in [3.8, 4) is 0 Å². The second kappa shape index (κ2) is 8.50. The number of rotatable bonds is 5. The Labute approximate surface area is 155 Å². The summed E-state index contributed by atoms with van der Waals surface area (Å²) in [5.74, 6) is 0.169. The fourth-order valence-corrected chi connectivity index (χ4v) is 4.77. The summed E-state index contributed by atoms with van der Waals surface area (Å²) in [4.78, 5) is 25.1. The monoisotopic (exact) mass is 364 g/mol. The molecule has 2 amide bonds. The molecule has 0 aromatic carbocycles. The third kappa shape index (κ3) is 4.10. The van der Waals surface area contributed by atoms with Gasteiger partial charge in [-0.25, -0.2) is 0 Å². The number of carbonyl (C=O) groups excluding carboxylic acids is 2. The normalized spacial score (nSPS) is 33.3. The Morgan fingerprint density at radius 2 is 2.15 bits per heavy atom. The van der Waals surface area contributed by atoms with E-state index in [0.717, 1.165) is 44.5 Å². The highest BCUT2D eigenvalue weighted by Crippen LogP contribution is 2.32. The minimum atomic E-state index is -0.258. The van der Waals surface area contributed by atoms with Crippen molar-refractivity contribution in [3.05, 3.63) is 11.1 Å². The van der Waals surface area contributed by atoms with Gasteiger partial charge in [0, 0.05) is 23.6 Å². The molecule has 3 aliphatic heterocycles. The van der Waals surface area contributed by atoms with E-state index < -0.39 is 0 Å². The zero-order chi connectivity index (χ0) is 18.7. The molecule has 0 aliphatic carbocycles. The van der Waals surface area contributed by atoms with E-state index >= 15 is 0 Å². The van der Waals surface area contributed by atoms with Crippen molar-refractivity contribution < 1.29 is 14.7 Å². The van der Waals surface area contributed by atoms with Crippen LogP contribution < -0.4 is 21.3 Å². The molecule has 0 bridgehead atoms. The first-order chi connectivity index (χ1) is 12.5. The Morgan fingerprint density at radius 1 is 1.35 bits per heavy atom. The van der Waals surface area contributed by atoms with E-state index in [4.69, 9.17) is 0 Å². The topological polar surface area (TPSA) is 102 Å². The van der Waals surface area contributed by atoms with Crippen LogP contribution in [0, 0.1) is 11.8 Å². The van der Waals surface area contributed by atoms with Crippen LogP contribution in [0.3, 0.4) is 0 Å². The Morgan fingerprint density at radius 3 is 2.85 bits per heavy atom. The molecule has 5 N–H and O–H groups in total. The van der Waals surface area contributed by atoms with Gasteiger partial charge in [-0.15, -0.1) is 0 Å². The molecule has 0 aromatic rings. The van der Waals surface area contributed by atoms with Gasteiger partial charge in [0.15, 0.2) is 0 Å². The average Bonchev–Trinajstić information content (AvgIpc) is 2.63. The van der Waals surface area contributed by atoms with E-state index in [2.05, 4.69) is 28.2 Å². The molecule has 3 aliphatic rings. The van der Waals surface area contributed by atoms with Crippen LogP contribution in [0.2, 0.25) is 0 Å². The Kier molecular flexibility index (Phi) is 6.32. The second-order valence-electron chi connectivity index (χ2n) is 7.94. The predicted octanol–water partition coefficient (Wildman–Crippen LogP) is -0.334. The summed E-state index contributed by atoms with van der Waals surface area (Å²) in [7, 11) is 0. The molecule has 2 fully saturated rings. The summed E-state index contributed by atoms with van der Waals surface area (Å²) in [5.41, 5.74) is 1.60. The van der Waals surface area contributed by atoms with Crippen LogP contribution in [0.25, 0.3) is 0 Å². The molecule has 0 radical (unpaired) electrons. The Balaban J connectivity index is 1.67. The first kappa shape index (κ1) is 19.3. The summed E-state index contributed by atoms with van der Waals surface area (Å²) >= 11 is 0. The molecule has 0 spiro atoms. The highest BCUT2D eigenvalue weighted by Gasteiger charge is 2.39. The molecule has 3 heterocycles. The first-order valence-corrected chi connectivity index (χ1v) is 9.86. The van der Waals surface area contributed by atoms with E-state index in [9.17, 15) is 14.7 Å². The molecule has 0 aromatic heterocycles. The number of aliphatic hydroxyl groups is 1. The second-order valence-corrected chi connectivity index (χ2v) is 7.94. The van der Waals surface area contributed by atoms with E-state index in [0.29, 0.717) is 5.57 Å². The predicted molar refractivity (Wildman–Crippen MR) is 99.4 cm³/mol. The number of piperidine rings is 2. The van der Waals surface area contributed by atoms with Gasteiger partial charge in [0.05, 0.1) is 19.1 Å². The maximum atomic E-state index is 12.6. The number of amides is 2. The van der Waals surface area contributed by atoms with Gasteiger partial charge < -0.3 is 26.4 Å². The van der Waals surface area contributed by atoms with Crippen LogP contribution in [-0.2, 0) is 9.59 Å². The minimum Gasteiger partial charge on any atom is -0.394 e. The van der Waals surface area contributed by atoms with Crippen LogP contribution in [0.15, 0.2) is 11.1 Å². The lowest BCUT2D eigenvalue weighted by Crippen LogP contribution is -2.57. The fraction of sp³-hybridized carbons (Fsp3) is 0.789. The van der Waals surface area contributed by atoms with Gasteiger partial charge in [-0.05, 0) is 58.7 Å². The van der Waals surface area contributed by atoms with Crippen LogP contribution in [0.1, 0.15) is 39.5 Å². The van der Waals surface area contributed by atoms with Crippen molar-refractivity contribution in [2.45, 2.75) is 57.7 Å². The van der Waals surface area contributed by atoms with E-state index in [1.165, 1.54) is 0 Å². The van der Waals surface area contributed by atoms with Crippen molar-refractivity contribution in [2.24, 2.45) is 11.8 Å². The van der Waals surface area contributed by atoms with Crippen LogP contribution in [0.5, 0.6) is 0 Å². The van der Waals surface area contributed by atoms with Gasteiger partial charge in [0.25, 0.3) is 0 Å². The molecule has 146 valence electrons. The third-order valence-electron chi connectivity index (χ3n) is 6.24. The molecule has 3 rings (SSSR count). The highest BCUT2D eigenvalue weighted by atomic mass is 16.3. The van der Waals surface area contributed by atoms with Gasteiger partial charge in [0.1, 0.15) is 0 Å². The van der Waals surface area contributed by atoms with E-state index in [1.54, 1.807) is 0 Å². The molecule has 26 heavy (non-hydrogen) atoms. The number of nitrogens with one attached hydrogen (secondary N) is 4. The molecule has 4 unspecified atom stereocenters. The van der Waals surface area contributed by atoms with Gasteiger partial charge >= 0.3 is 0 Å². The Bertz CT molecular complexity index is 571. The number of carbonyl (C=O) groups is 2. The van der Waals surface area contributed by atoms with Gasteiger partial charge in [-0.3, -0.25) is 9.59 Å². The fourth-order valence-electron chi connectivity index (χ4n) is 4.77. The molecule has 5 atom stereocenters. The summed E-state index contributed by atoms with van der Waals surface area (Å²) in [6.07, 6.45) is 3.04. The number of hydrogen-bond donors (Lipinski definition) is 5. The van der Waals surface area contributed by atoms with E-state index in [1.807, 2.05) is 6.92 Å². The zero-order valence-corrected chi connectivity index (χ0v) is 15.8. The lowest BCUT2D eigenvalue weighted by atomic mass is 9.76. The largest absolute Gasteiger partial charge is 0.394 e. The maximum absolute atomic E-state index is 12.6. The first-order valence-electron chi connectivity index (χ1n) is 9.86. The van der Waals surface area contributed by atoms with Crippen molar-refractivity contribution >= 4 is 11.8 Å². The molecular formula is C19H32N4O3. The number of fused-ring (bicyclic) bond motifs is 1. The van der Waals surface area contributed by atoms with Crippen LogP contribution in [-0.4, -0.2) is 61.3 Å². The summed E-state index contributed by atoms with van der Waals surface area (Å²) in [5, 5.41) is 22.5. The molecular weight excluding hydrogens is 332 g/mol. The molecule has 7 heteroatoms. The zero-order valence-electron chi connectivity index (χ0n) is 15.8. The quantitative estimate of drug-likeness (QED) is 0.460. The highest BCUT2D eigenvalue weighted by molar-refractivity contribution is 6.00. The third-order valence-corrected chi connectivity index (χ3v) is 6.24. The number of aliphatic hydroxyl groups excluding tert-OH is 1. The lowest BCUT2D eigenvalue weighted by Gasteiger charge is -2.42. The maximum Gasteiger partial charge on any atom is 0.247 e. The standard InChI is InChI=1S/C19H32N4O3/c1-11-14(19(26)23-15-5-7-21-12(2)18(11)15)8-17(25)22-16(10-24)13-4-3-6-20-9-13/h12-13,15-16,18,20-21,24H,3-10H2,1-2H3,(H,22,25)(H,23,26)/t12?,13?,15?,16-,18?/m0/s1. The van der Waals surface area contributed by atoms with Crippen LogP contribution in [0.4, 0.5) is 0 Å². The van der Waals surface area contributed by atoms with Crippen molar-refractivity contribution in [2.75, 3.05) is 26.2 Å².